The molecule has 30 heavy (non-hydrogen) atoms. The number of hydrogen-bond donors (Lipinski definition) is 2. The van der Waals surface area contributed by atoms with E-state index in [4.69, 9.17) is 9.47 Å². The van der Waals surface area contributed by atoms with Crippen LogP contribution in [0, 0.1) is 0 Å². The Hall–Kier alpha value is -3.22. The summed E-state index contributed by atoms with van der Waals surface area (Å²) in [4.78, 5) is 18.6. The molecule has 162 valence electrons. The second kappa shape index (κ2) is 13.1. The molecule has 0 aliphatic rings. The first-order valence-electron chi connectivity index (χ1n) is 10.2. The molecule has 7 nitrogen and oxygen atoms in total. The van der Waals surface area contributed by atoms with Crippen molar-refractivity contribution >= 4 is 11.9 Å². The highest BCUT2D eigenvalue weighted by Gasteiger charge is 2.09. The van der Waals surface area contributed by atoms with Gasteiger partial charge in [-0.1, -0.05) is 30.3 Å². The molecule has 0 radical (unpaired) electrons. The van der Waals surface area contributed by atoms with Gasteiger partial charge in [-0.25, -0.2) is 0 Å². The second-order valence-electron chi connectivity index (χ2n) is 6.70. The number of hydrogen-bond acceptors (Lipinski definition) is 4. The first-order chi connectivity index (χ1) is 14.6. The Balaban J connectivity index is 1.71. The van der Waals surface area contributed by atoms with Crippen LogP contribution in [0.15, 0.2) is 59.6 Å². The number of rotatable bonds is 11. The van der Waals surface area contributed by atoms with Gasteiger partial charge in [-0.2, -0.15) is 0 Å². The van der Waals surface area contributed by atoms with Gasteiger partial charge in [-0.15, -0.1) is 0 Å². The minimum absolute atomic E-state index is 0.0706. The zero-order valence-corrected chi connectivity index (χ0v) is 18.1. The highest BCUT2D eigenvalue weighted by atomic mass is 16.5. The summed E-state index contributed by atoms with van der Waals surface area (Å²) in [6.07, 6.45) is 0.363. The third-order valence-corrected chi connectivity index (χ3v) is 4.35. The van der Waals surface area contributed by atoms with Gasteiger partial charge in [0, 0.05) is 26.6 Å². The predicted molar refractivity (Wildman–Crippen MR) is 120 cm³/mol. The molecule has 0 bridgehead atoms. The Morgan fingerprint density at radius 1 is 1.03 bits per heavy atom. The lowest BCUT2D eigenvalue weighted by atomic mass is 10.2. The predicted octanol–water partition coefficient (Wildman–Crippen LogP) is 2.68. The normalized spacial score (nSPS) is 11.0. The quantitative estimate of drug-likeness (QED) is 0.337. The Morgan fingerprint density at radius 2 is 1.73 bits per heavy atom. The molecule has 2 aromatic carbocycles. The summed E-state index contributed by atoms with van der Waals surface area (Å²) in [7, 11) is 3.45. The molecular weight excluding hydrogens is 380 g/mol. The molecule has 7 heteroatoms. The first-order valence-corrected chi connectivity index (χ1v) is 10.2. The molecule has 0 aromatic heterocycles. The minimum atomic E-state index is 0.0706. The molecule has 0 saturated carbocycles. The van der Waals surface area contributed by atoms with Crippen molar-refractivity contribution in [2.75, 3.05) is 40.4 Å². The molecular formula is C23H32N4O3. The van der Waals surface area contributed by atoms with E-state index in [9.17, 15) is 4.79 Å². The van der Waals surface area contributed by atoms with Crippen LogP contribution in [0.1, 0.15) is 18.9 Å². The summed E-state index contributed by atoms with van der Waals surface area (Å²) < 4.78 is 10.8. The van der Waals surface area contributed by atoms with E-state index in [-0.39, 0.29) is 5.91 Å². The SMILES string of the molecule is CCNC(=NCCC(=O)N(C)Cc1ccccc1)NCCOc1ccc(OC)cc1. The van der Waals surface area contributed by atoms with Crippen LogP contribution in [0.4, 0.5) is 0 Å². The van der Waals surface area contributed by atoms with Crippen LogP contribution in [-0.4, -0.2) is 57.2 Å². The van der Waals surface area contributed by atoms with Gasteiger partial charge in [-0.05, 0) is 36.8 Å². The number of guanidine groups is 1. The number of nitrogens with one attached hydrogen (secondary N) is 2. The summed E-state index contributed by atoms with van der Waals surface area (Å²) in [6.45, 7) is 4.86. The maximum absolute atomic E-state index is 12.3. The summed E-state index contributed by atoms with van der Waals surface area (Å²) in [6, 6.07) is 17.4. The van der Waals surface area contributed by atoms with Crippen molar-refractivity contribution in [3.8, 4) is 11.5 Å². The number of methoxy groups -OCH3 is 1. The molecule has 2 aromatic rings. The van der Waals surface area contributed by atoms with Gasteiger partial charge in [0.15, 0.2) is 5.96 Å². The largest absolute Gasteiger partial charge is 0.497 e. The van der Waals surface area contributed by atoms with Crippen molar-refractivity contribution in [2.24, 2.45) is 4.99 Å². The number of amides is 1. The summed E-state index contributed by atoms with van der Waals surface area (Å²) in [5.41, 5.74) is 1.11. The van der Waals surface area contributed by atoms with E-state index in [2.05, 4.69) is 15.6 Å². The third-order valence-electron chi connectivity index (χ3n) is 4.35. The van der Waals surface area contributed by atoms with E-state index < -0.39 is 0 Å². The molecule has 2 N–H and O–H groups in total. The maximum Gasteiger partial charge on any atom is 0.224 e. The highest BCUT2D eigenvalue weighted by molar-refractivity contribution is 5.80. The van der Waals surface area contributed by atoms with E-state index in [1.54, 1.807) is 12.0 Å². The van der Waals surface area contributed by atoms with Crippen molar-refractivity contribution in [2.45, 2.75) is 19.9 Å². The molecule has 0 heterocycles. The summed E-state index contributed by atoms with van der Waals surface area (Å²) in [5, 5.41) is 6.40. The van der Waals surface area contributed by atoms with Gasteiger partial charge in [-0.3, -0.25) is 9.79 Å². The van der Waals surface area contributed by atoms with E-state index in [1.807, 2.05) is 68.6 Å². The average Bonchev–Trinajstić information content (AvgIpc) is 2.77. The van der Waals surface area contributed by atoms with Crippen LogP contribution in [0.25, 0.3) is 0 Å². The van der Waals surface area contributed by atoms with Crippen molar-refractivity contribution in [1.82, 2.24) is 15.5 Å². The standard InChI is InChI=1S/C23H32N4O3/c1-4-24-23(26-16-17-30-21-12-10-20(29-3)11-13-21)25-15-14-22(28)27(2)18-19-8-6-5-7-9-19/h5-13H,4,14-18H2,1-3H3,(H2,24,25,26). The third kappa shape index (κ3) is 8.43. The monoisotopic (exact) mass is 412 g/mol. The lowest BCUT2D eigenvalue weighted by Crippen LogP contribution is -2.39. The Bertz CT molecular complexity index is 779. The molecule has 2 rings (SSSR count). The molecule has 0 unspecified atom stereocenters. The molecule has 0 aliphatic carbocycles. The van der Waals surface area contributed by atoms with Gasteiger partial charge in [0.1, 0.15) is 18.1 Å². The van der Waals surface area contributed by atoms with E-state index >= 15 is 0 Å². The van der Waals surface area contributed by atoms with Crippen LogP contribution >= 0.6 is 0 Å². The topological polar surface area (TPSA) is 75.2 Å². The highest BCUT2D eigenvalue weighted by Crippen LogP contribution is 2.16. The summed E-state index contributed by atoms with van der Waals surface area (Å²) in [5.74, 6) is 2.33. The van der Waals surface area contributed by atoms with Gasteiger partial charge >= 0.3 is 0 Å². The van der Waals surface area contributed by atoms with Gasteiger partial charge < -0.3 is 25.0 Å². The van der Waals surface area contributed by atoms with Gasteiger partial charge in [0.25, 0.3) is 0 Å². The lowest BCUT2D eigenvalue weighted by Gasteiger charge is -2.17. The summed E-state index contributed by atoms with van der Waals surface area (Å²) >= 11 is 0. The van der Waals surface area contributed by atoms with Crippen molar-refractivity contribution < 1.29 is 14.3 Å². The average molecular weight is 413 g/mol. The Labute approximate surface area is 179 Å². The minimum Gasteiger partial charge on any atom is -0.497 e. The van der Waals surface area contributed by atoms with Crippen molar-refractivity contribution in [1.29, 1.82) is 0 Å². The van der Waals surface area contributed by atoms with Crippen LogP contribution in [-0.2, 0) is 11.3 Å². The smallest absolute Gasteiger partial charge is 0.224 e. The van der Waals surface area contributed by atoms with Crippen LogP contribution in [0.5, 0.6) is 11.5 Å². The van der Waals surface area contributed by atoms with E-state index in [0.29, 0.717) is 38.6 Å². The Kier molecular flexibility index (Phi) is 10.1. The van der Waals surface area contributed by atoms with Crippen LogP contribution in [0.2, 0.25) is 0 Å². The number of aliphatic imine (C=N–C) groups is 1. The lowest BCUT2D eigenvalue weighted by molar-refractivity contribution is -0.130. The van der Waals surface area contributed by atoms with E-state index in [0.717, 1.165) is 23.6 Å². The molecule has 0 fully saturated rings. The number of carbonyl (C=O) groups is 1. The molecule has 0 aliphatic heterocycles. The van der Waals surface area contributed by atoms with E-state index in [1.165, 1.54) is 0 Å². The van der Waals surface area contributed by atoms with Gasteiger partial charge in [0.05, 0.1) is 20.2 Å². The van der Waals surface area contributed by atoms with Crippen molar-refractivity contribution in [3.05, 3.63) is 60.2 Å². The van der Waals surface area contributed by atoms with Crippen molar-refractivity contribution in [3.63, 3.8) is 0 Å². The zero-order valence-electron chi connectivity index (χ0n) is 18.1. The number of ether oxygens (including phenoxy) is 2. The fourth-order valence-corrected chi connectivity index (χ4v) is 2.75. The number of nitrogens with zero attached hydrogens (tertiary/aromatic N) is 2. The molecule has 0 atom stereocenters. The number of benzene rings is 2. The van der Waals surface area contributed by atoms with Crippen LogP contribution < -0.4 is 20.1 Å². The molecule has 0 saturated heterocycles. The maximum atomic E-state index is 12.3. The molecule has 1 amide bonds. The second-order valence-corrected chi connectivity index (χ2v) is 6.70. The van der Waals surface area contributed by atoms with Crippen LogP contribution in [0.3, 0.4) is 0 Å². The fourth-order valence-electron chi connectivity index (χ4n) is 2.75. The first kappa shape index (κ1) is 23.1. The fraction of sp³-hybridized carbons (Fsp3) is 0.391. The zero-order chi connectivity index (χ0) is 21.6. The Morgan fingerprint density at radius 3 is 2.40 bits per heavy atom. The molecule has 0 spiro atoms. The van der Waals surface area contributed by atoms with Gasteiger partial charge in [0.2, 0.25) is 5.91 Å². The number of carbonyl (C=O) groups excluding carboxylic acids is 1.